The quantitative estimate of drug-likeness (QED) is 0.857. The molecule has 2 saturated heterocycles. The van der Waals surface area contributed by atoms with Crippen molar-refractivity contribution in [2.75, 3.05) is 37.6 Å². The maximum Gasteiger partial charge on any atom is 0.317 e. The largest absolute Gasteiger partial charge is 0.506 e. The third-order valence-corrected chi connectivity index (χ3v) is 5.26. The van der Waals surface area contributed by atoms with Gasteiger partial charge in [-0.1, -0.05) is 12.1 Å². The number of nitrogens with zero attached hydrogens (tertiary/aromatic N) is 3. The number of phenolic OH excluding ortho intramolecular Hbond substituents is 1. The van der Waals surface area contributed by atoms with Gasteiger partial charge in [0, 0.05) is 45.2 Å². The molecule has 1 atom stereocenters. The van der Waals surface area contributed by atoms with Gasteiger partial charge in [0.05, 0.1) is 11.7 Å². The summed E-state index contributed by atoms with van der Waals surface area (Å²) < 4.78 is 0. The average molecular weight is 344 g/mol. The first-order valence-corrected chi connectivity index (χ1v) is 8.99. The number of piperazine rings is 1. The monoisotopic (exact) mass is 344 g/mol. The van der Waals surface area contributed by atoms with Crippen molar-refractivity contribution in [3.05, 3.63) is 24.3 Å². The zero-order valence-electron chi connectivity index (χ0n) is 14.2. The number of carbonyl (C=O) groups excluding carboxylic acids is 2. The molecule has 3 fully saturated rings. The molecule has 1 aromatic rings. The predicted octanol–water partition coefficient (Wildman–Crippen LogP) is 0.987. The van der Waals surface area contributed by atoms with Gasteiger partial charge in [0.25, 0.3) is 0 Å². The zero-order chi connectivity index (χ0) is 17.4. The molecule has 0 unspecified atom stereocenters. The molecule has 134 valence electrons. The molecule has 7 nitrogen and oxygen atoms in total. The fourth-order valence-electron chi connectivity index (χ4n) is 3.72. The van der Waals surface area contributed by atoms with E-state index in [0.29, 0.717) is 45.2 Å². The van der Waals surface area contributed by atoms with E-state index < -0.39 is 0 Å². The van der Waals surface area contributed by atoms with Crippen LogP contribution in [0.15, 0.2) is 24.3 Å². The maximum atomic E-state index is 12.5. The highest BCUT2D eigenvalue weighted by Crippen LogP contribution is 2.31. The Bertz CT molecular complexity index is 668. The van der Waals surface area contributed by atoms with Gasteiger partial charge < -0.3 is 25.1 Å². The number of carbonyl (C=O) groups is 2. The van der Waals surface area contributed by atoms with Crippen LogP contribution in [0.1, 0.15) is 19.3 Å². The lowest BCUT2D eigenvalue weighted by Gasteiger charge is -2.36. The molecule has 0 radical (unpaired) electrons. The van der Waals surface area contributed by atoms with Crippen molar-refractivity contribution in [1.82, 2.24) is 15.1 Å². The van der Waals surface area contributed by atoms with Crippen molar-refractivity contribution < 1.29 is 14.7 Å². The minimum atomic E-state index is -0.0904. The van der Waals surface area contributed by atoms with E-state index in [1.165, 1.54) is 0 Å². The Balaban J connectivity index is 1.28. The molecule has 0 aromatic heterocycles. The molecule has 0 spiro atoms. The molecule has 7 heteroatoms. The van der Waals surface area contributed by atoms with Crippen molar-refractivity contribution in [2.45, 2.75) is 31.3 Å². The van der Waals surface area contributed by atoms with Crippen LogP contribution in [-0.4, -0.2) is 71.7 Å². The van der Waals surface area contributed by atoms with Gasteiger partial charge in [0.15, 0.2) is 0 Å². The van der Waals surface area contributed by atoms with Gasteiger partial charge in [-0.3, -0.25) is 4.79 Å². The normalized spacial score (nSPS) is 23.9. The van der Waals surface area contributed by atoms with Crippen LogP contribution in [0.5, 0.6) is 5.75 Å². The van der Waals surface area contributed by atoms with Crippen LogP contribution in [0.2, 0.25) is 0 Å². The van der Waals surface area contributed by atoms with Crippen LogP contribution in [0.3, 0.4) is 0 Å². The van der Waals surface area contributed by atoms with E-state index in [0.717, 1.165) is 18.5 Å². The number of anilines is 1. The second kappa shape index (κ2) is 6.46. The van der Waals surface area contributed by atoms with Crippen LogP contribution in [0.25, 0.3) is 0 Å². The number of hydrogen-bond donors (Lipinski definition) is 2. The van der Waals surface area contributed by atoms with Crippen molar-refractivity contribution in [3.63, 3.8) is 0 Å². The van der Waals surface area contributed by atoms with Gasteiger partial charge >= 0.3 is 6.03 Å². The van der Waals surface area contributed by atoms with E-state index in [1.54, 1.807) is 17.0 Å². The minimum Gasteiger partial charge on any atom is -0.506 e. The lowest BCUT2D eigenvalue weighted by Crippen LogP contribution is -2.53. The highest BCUT2D eigenvalue weighted by Gasteiger charge is 2.40. The molecule has 0 bridgehead atoms. The number of aromatic hydroxyl groups is 1. The second-order valence-electron chi connectivity index (χ2n) is 7.09. The van der Waals surface area contributed by atoms with Crippen LogP contribution in [0, 0.1) is 0 Å². The van der Waals surface area contributed by atoms with Crippen LogP contribution in [-0.2, 0) is 4.79 Å². The first-order valence-electron chi connectivity index (χ1n) is 8.99. The Morgan fingerprint density at radius 1 is 1.12 bits per heavy atom. The summed E-state index contributed by atoms with van der Waals surface area (Å²) >= 11 is 0. The number of phenols is 1. The third kappa shape index (κ3) is 3.36. The molecule has 1 saturated carbocycles. The SMILES string of the molecule is O=C(N[C@H]1CC(=O)N(C2CC2)C1)N1CCN(c2ccccc2O)CC1. The number of para-hydroxylation sites is 2. The summed E-state index contributed by atoms with van der Waals surface area (Å²) in [5.41, 5.74) is 0.809. The molecule has 3 aliphatic rings. The fraction of sp³-hybridized carbons (Fsp3) is 0.556. The minimum absolute atomic E-state index is 0.0724. The highest BCUT2D eigenvalue weighted by atomic mass is 16.3. The molecule has 4 rings (SSSR count). The van der Waals surface area contributed by atoms with Crippen molar-refractivity contribution in [3.8, 4) is 5.75 Å². The van der Waals surface area contributed by atoms with Crippen molar-refractivity contribution in [1.29, 1.82) is 0 Å². The third-order valence-electron chi connectivity index (χ3n) is 5.26. The van der Waals surface area contributed by atoms with Gasteiger partial charge in [-0.25, -0.2) is 4.79 Å². The smallest absolute Gasteiger partial charge is 0.317 e. The Morgan fingerprint density at radius 3 is 2.52 bits per heavy atom. The zero-order valence-corrected chi connectivity index (χ0v) is 14.2. The summed E-state index contributed by atoms with van der Waals surface area (Å²) in [6, 6.07) is 7.52. The summed E-state index contributed by atoms with van der Waals surface area (Å²) in [5, 5.41) is 13.0. The predicted molar refractivity (Wildman–Crippen MR) is 93.6 cm³/mol. The van der Waals surface area contributed by atoms with Crippen LogP contribution in [0.4, 0.5) is 10.5 Å². The first-order chi connectivity index (χ1) is 12.1. The molecule has 2 aliphatic heterocycles. The van der Waals surface area contributed by atoms with Crippen molar-refractivity contribution in [2.24, 2.45) is 0 Å². The van der Waals surface area contributed by atoms with E-state index >= 15 is 0 Å². The molecule has 2 heterocycles. The Hall–Kier alpha value is -2.44. The Morgan fingerprint density at radius 2 is 1.84 bits per heavy atom. The number of amides is 3. The number of likely N-dealkylation sites (tertiary alicyclic amines) is 1. The van der Waals surface area contributed by atoms with E-state index in [4.69, 9.17) is 0 Å². The maximum absolute atomic E-state index is 12.5. The van der Waals surface area contributed by atoms with Gasteiger partial charge in [-0.15, -0.1) is 0 Å². The van der Waals surface area contributed by atoms with Gasteiger partial charge in [-0.05, 0) is 25.0 Å². The molecule has 25 heavy (non-hydrogen) atoms. The van der Waals surface area contributed by atoms with E-state index in [9.17, 15) is 14.7 Å². The van der Waals surface area contributed by atoms with E-state index in [-0.39, 0.29) is 23.7 Å². The standard InChI is InChI=1S/C18H24N4O3/c23-16-4-2-1-3-15(16)20-7-9-21(10-8-20)18(25)19-13-11-17(24)22(12-13)14-5-6-14/h1-4,13-14,23H,5-12H2,(H,19,25)/t13-/m0/s1. The molecule has 2 N–H and O–H groups in total. The molecular formula is C18H24N4O3. The molecule has 1 aliphatic carbocycles. The van der Waals surface area contributed by atoms with E-state index in [1.807, 2.05) is 17.0 Å². The van der Waals surface area contributed by atoms with E-state index in [2.05, 4.69) is 10.2 Å². The molecular weight excluding hydrogens is 320 g/mol. The van der Waals surface area contributed by atoms with Crippen molar-refractivity contribution >= 4 is 17.6 Å². The Kier molecular flexibility index (Phi) is 4.15. The Labute approximate surface area is 147 Å². The van der Waals surface area contributed by atoms with Gasteiger partial charge in [-0.2, -0.15) is 0 Å². The summed E-state index contributed by atoms with van der Waals surface area (Å²) in [6.07, 6.45) is 2.61. The second-order valence-corrected chi connectivity index (χ2v) is 7.09. The number of urea groups is 1. The molecule has 3 amide bonds. The summed E-state index contributed by atoms with van der Waals surface area (Å²) in [4.78, 5) is 30.3. The van der Waals surface area contributed by atoms with Gasteiger partial charge in [0.1, 0.15) is 5.75 Å². The van der Waals surface area contributed by atoms with Crippen LogP contribution < -0.4 is 10.2 Å². The summed E-state index contributed by atoms with van der Waals surface area (Å²) in [7, 11) is 0. The van der Waals surface area contributed by atoms with Gasteiger partial charge in [0.2, 0.25) is 5.91 Å². The lowest BCUT2D eigenvalue weighted by atomic mass is 10.2. The number of hydrogen-bond acceptors (Lipinski definition) is 4. The topological polar surface area (TPSA) is 76.1 Å². The fourth-order valence-corrected chi connectivity index (χ4v) is 3.72. The number of benzene rings is 1. The number of nitrogens with one attached hydrogen (secondary N) is 1. The lowest BCUT2D eigenvalue weighted by molar-refractivity contribution is -0.128. The summed E-state index contributed by atoms with van der Waals surface area (Å²) in [5.74, 6) is 0.433. The number of rotatable bonds is 3. The summed E-state index contributed by atoms with van der Waals surface area (Å²) in [6.45, 7) is 3.22. The first kappa shape index (κ1) is 16.1. The van der Waals surface area contributed by atoms with Crippen LogP contribution >= 0.6 is 0 Å². The molecule has 1 aromatic carbocycles. The average Bonchev–Trinajstić information content (AvgIpc) is 3.39. The highest BCUT2D eigenvalue weighted by molar-refractivity contribution is 5.82.